The van der Waals surface area contributed by atoms with Crippen molar-refractivity contribution in [3.63, 3.8) is 0 Å². The topological polar surface area (TPSA) is 43.9 Å². The zero-order valence-corrected chi connectivity index (χ0v) is 16.8. The maximum atomic E-state index is 6.32. The summed E-state index contributed by atoms with van der Waals surface area (Å²) in [5, 5.41) is 2.09. The summed E-state index contributed by atoms with van der Waals surface area (Å²) in [6.07, 6.45) is 0. The van der Waals surface area contributed by atoms with Crippen molar-refractivity contribution in [1.82, 2.24) is 14.5 Å². The van der Waals surface area contributed by atoms with E-state index in [4.69, 9.17) is 9.40 Å². The fraction of sp³-hybridized carbons (Fsp3) is 0.0769. The Morgan fingerprint density at radius 2 is 1.50 bits per heavy atom. The number of fused-ring (bicyclic) bond motifs is 4. The first-order valence-electron chi connectivity index (χ1n) is 10.0. The highest BCUT2D eigenvalue weighted by atomic mass is 16.3. The minimum atomic E-state index is 0.666. The molecule has 6 rings (SSSR count). The van der Waals surface area contributed by atoms with Crippen LogP contribution in [0.1, 0.15) is 11.3 Å². The highest BCUT2D eigenvalue weighted by molar-refractivity contribution is 6.09. The Balaban J connectivity index is 1.77. The van der Waals surface area contributed by atoms with Gasteiger partial charge in [-0.1, -0.05) is 42.5 Å². The van der Waals surface area contributed by atoms with E-state index < -0.39 is 0 Å². The van der Waals surface area contributed by atoms with Crippen LogP contribution in [-0.4, -0.2) is 14.5 Å². The zero-order chi connectivity index (χ0) is 20.2. The Morgan fingerprint density at radius 3 is 2.37 bits per heavy atom. The van der Waals surface area contributed by atoms with Crippen LogP contribution in [0.5, 0.6) is 0 Å². The van der Waals surface area contributed by atoms with Gasteiger partial charge in [0.1, 0.15) is 11.4 Å². The number of para-hydroxylation sites is 3. The van der Waals surface area contributed by atoms with E-state index in [1.54, 1.807) is 0 Å². The standard InChI is InChI=1S/C26H19N3O/c1-16-12-14-19-20-15-13-17(2)27-26(20)30-24(19)23(16)25-28-21-10-6-7-11-22(21)29(25)18-8-4-3-5-9-18/h3-15H,1-2H3. The lowest BCUT2D eigenvalue weighted by molar-refractivity contribution is 0.653. The van der Waals surface area contributed by atoms with Gasteiger partial charge in [0, 0.05) is 22.2 Å². The normalized spacial score (nSPS) is 11.7. The fourth-order valence-corrected chi connectivity index (χ4v) is 4.22. The first kappa shape index (κ1) is 17.0. The van der Waals surface area contributed by atoms with E-state index in [0.717, 1.165) is 55.7 Å². The highest BCUT2D eigenvalue weighted by Crippen LogP contribution is 2.39. The number of benzene rings is 3. The van der Waals surface area contributed by atoms with E-state index in [1.165, 1.54) is 0 Å². The Morgan fingerprint density at radius 1 is 0.733 bits per heavy atom. The first-order chi connectivity index (χ1) is 14.7. The molecule has 0 radical (unpaired) electrons. The molecule has 4 heteroatoms. The maximum absolute atomic E-state index is 6.32. The predicted octanol–water partition coefficient (Wildman–Crippen LogP) is 6.60. The molecule has 6 aromatic rings. The number of furan rings is 1. The van der Waals surface area contributed by atoms with E-state index in [0.29, 0.717) is 5.71 Å². The third kappa shape index (κ3) is 2.40. The summed E-state index contributed by atoms with van der Waals surface area (Å²) in [6, 6.07) is 26.9. The van der Waals surface area contributed by atoms with E-state index in [2.05, 4.69) is 77.1 Å². The van der Waals surface area contributed by atoms with Crippen molar-refractivity contribution in [2.24, 2.45) is 0 Å². The van der Waals surface area contributed by atoms with Crippen molar-refractivity contribution in [2.75, 3.05) is 0 Å². The molecular weight excluding hydrogens is 370 g/mol. The van der Waals surface area contributed by atoms with Crippen LogP contribution in [0.15, 0.2) is 83.3 Å². The van der Waals surface area contributed by atoms with Gasteiger partial charge in [-0.3, -0.25) is 4.57 Å². The molecule has 3 aromatic carbocycles. The zero-order valence-electron chi connectivity index (χ0n) is 16.8. The first-order valence-corrected chi connectivity index (χ1v) is 10.0. The van der Waals surface area contributed by atoms with Gasteiger partial charge in [-0.25, -0.2) is 9.97 Å². The van der Waals surface area contributed by atoms with Crippen LogP contribution in [0.4, 0.5) is 0 Å². The second kappa shape index (κ2) is 6.29. The van der Waals surface area contributed by atoms with Gasteiger partial charge >= 0.3 is 0 Å². The van der Waals surface area contributed by atoms with Crippen molar-refractivity contribution in [3.8, 4) is 17.1 Å². The highest BCUT2D eigenvalue weighted by Gasteiger charge is 2.21. The molecule has 0 N–H and O–H groups in total. The third-order valence-corrected chi connectivity index (χ3v) is 5.65. The van der Waals surface area contributed by atoms with Crippen LogP contribution < -0.4 is 0 Å². The van der Waals surface area contributed by atoms with Crippen LogP contribution in [-0.2, 0) is 0 Å². The largest absolute Gasteiger partial charge is 0.437 e. The number of hydrogen-bond acceptors (Lipinski definition) is 3. The predicted molar refractivity (Wildman–Crippen MR) is 121 cm³/mol. The van der Waals surface area contributed by atoms with Gasteiger partial charge in [-0.2, -0.15) is 0 Å². The third-order valence-electron chi connectivity index (χ3n) is 5.65. The second-order valence-corrected chi connectivity index (χ2v) is 7.64. The molecule has 0 amide bonds. The maximum Gasteiger partial charge on any atom is 0.227 e. The number of imidazole rings is 1. The van der Waals surface area contributed by atoms with Crippen LogP contribution in [0, 0.1) is 13.8 Å². The van der Waals surface area contributed by atoms with Gasteiger partial charge in [0.05, 0.1) is 16.6 Å². The van der Waals surface area contributed by atoms with Gasteiger partial charge in [0.25, 0.3) is 0 Å². The minimum Gasteiger partial charge on any atom is -0.437 e. The van der Waals surface area contributed by atoms with Crippen LogP contribution in [0.2, 0.25) is 0 Å². The lowest BCUT2D eigenvalue weighted by Gasteiger charge is -2.11. The fourth-order valence-electron chi connectivity index (χ4n) is 4.22. The van der Waals surface area contributed by atoms with Crippen molar-refractivity contribution in [1.29, 1.82) is 0 Å². The Kier molecular flexibility index (Phi) is 3.56. The summed E-state index contributed by atoms with van der Waals surface area (Å²) < 4.78 is 8.53. The number of hydrogen-bond donors (Lipinski definition) is 0. The molecule has 144 valence electrons. The quantitative estimate of drug-likeness (QED) is 0.335. The molecule has 3 aromatic heterocycles. The van der Waals surface area contributed by atoms with E-state index in [1.807, 2.05) is 25.1 Å². The summed E-state index contributed by atoms with van der Waals surface area (Å²) in [5.41, 5.74) is 7.65. The van der Waals surface area contributed by atoms with Gasteiger partial charge in [0.15, 0.2) is 0 Å². The molecule has 4 nitrogen and oxygen atoms in total. The van der Waals surface area contributed by atoms with Crippen molar-refractivity contribution in [3.05, 3.63) is 90.1 Å². The summed E-state index contributed by atoms with van der Waals surface area (Å²) in [5.74, 6) is 0.876. The van der Waals surface area contributed by atoms with Gasteiger partial charge in [-0.15, -0.1) is 0 Å². The average Bonchev–Trinajstić information content (AvgIpc) is 3.31. The molecule has 0 fully saturated rings. The Bertz CT molecular complexity index is 1560. The number of pyridine rings is 1. The van der Waals surface area contributed by atoms with E-state index >= 15 is 0 Å². The lowest BCUT2D eigenvalue weighted by atomic mass is 10.0. The molecule has 3 heterocycles. The summed E-state index contributed by atoms with van der Waals surface area (Å²) >= 11 is 0. The summed E-state index contributed by atoms with van der Waals surface area (Å²) in [4.78, 5) is 9.65. The summed E-state index contributed by atoms with van der Waals surface area (Å²) in [6.45, 7) is 4.09. The molecule has 0 saturated carbocycles. The van der Waals surface area contributed by atoms with Crippen molar-refractivity contribution in [2.45, 2.75) is 13.8 Å². The van der Waals surface area contributed by atoms with E-state index in [-0.39, 0.29) is 0 Å². The number of nitrogens with zero attached hydrogens (tertiary/aromatic N) is 3. The smallest absolute Gasteiger partial charge is 0.227 e. The summed E-state index contributed by atoms with van der Waals surface area (Å²) in [7, 11) is 0. The molecule has 30 heavy (non-hydrogen) atoms. The molecule has 0 saturated heterocycles. The van der Waals surface area contributed by atoms with Gasteiger partial charge in [-0.05, 0) is 55.8 Å². The molecule has 0 spiro atoms. The molecule has 0 aliphatic rings. The number of aromatic nitrogens is 3. The number of aryl methyl sites for hydroxylation is 2. The van der Waals surface area contributed by atoms with E-state index in [9.17, 15) is 0 Å². The molecular formula is C26H19N3O. The monoisotopic (exact) mass is 389 g/mol. The Labute approximate surface area is 173 Å². The van der Waals surface area contributed by atoms with Crippen LogP contribution in [0.3, 0.4) is 0 Å². The number of rotatable bonds is 2. The average molecular weight is 389 g/mol. The molecule has 0 aliphatic heterocycles. The van der Waals surface area contributed by atoms with Crippen LogP contribution >= 0.6 is 0 Å². The molecule has 0 bridgehead atoms. The van der Waals surface area contributed by atoms with Gasteiger partial charge in [0.2, 0.25) is 5.71 Å². The molecule has 0 aliphatic carbocycles. The van der Waals surface area contributed by atoms with Crippen molar-refractivity contribution < 1.29 is 4.42 Å². The van der Waals surface area contributed by atoms with Crippen molar-refractivity contribution >= 4 is 33.1 Å². The lowest BCUT2D eigenvalue weighted by Crippen LogP contribution is -1.99. The molecule has 0 unspecified atom stereocenters. The second-order valence-electron chi connectivity index (χ2n) is 7.64. The molecule has 0 atom stereocenters. The SMILES string of the molecule is Cc1ccc2c(n1)oc1c(-c3nc4ccccc4n3-c3ccccc3)c(C)ccc12. The van der Waals surface area contributed by atoms with Crippen LogP contribution in [0.25, 0.3) is 50.2 Å². The van der Waals surface area contributed by atoms with Gasteiger partial charge < -0.3 is 4.42 Å². The minimum absolute atomic E-state index is 0.666. The Hall–Kier alpha value is -3.92.